The molecule has 0 bridgehead atoms. The van der Waals surface area contributed by atoms with Crippen molar-refractivity contribution in [2.75, 3.05) is 0 Å². The van der Waals surface area contributed by atoms with Crippen molar-refractivity contribution in [2.24, 2.45) is 0 Å². The molecule has 4 rings (SSSR count). The first-order valence-corrected chi connectivity index (χ1v) is 8.54. The molecule has 0 radical (unpaired) electrons. The molecule has 2 heteroatoms. The minimum atomic E-state index is 0.285. The number of hydrogen-bond acceptors (Lipinski definition) is 2. The zero-order valence-corrected chi connectivity index (χ0v) is 13.8. The molecule has 0 N–H and O–H groups in total. The van der Waals surface area contributed by atoms with Gasteiger partial charge in [-0.3, -0.25) is 0 Å². The molecule has 1 aliphatic carbocycles. The fourth-order valence-electron chi connectivity index (χ4n) is 3.17. The van der Waals surface area contributed by atoms with Gasteiger partial charge in [-0.25, -0.2) is 9.97 Å². The van der Waals surface area contributed by atoms with Crippen LogP contribution in [0.25, 0.3) is 22.3 Å². The largest absolute Gasteiger partial charge is 0.248 e. The second-order valence-electron chi connectivity index (χ2n) is 6.15. The Bertz CT molecular complexity index is 920. The van der Waals surface area contributed by atoms with Gasteiger partial charge in [-0.2, -0.15) is 0 Å². The highest BCUT2D eigenvalue weighted by Gasteiger charge is 2.18. The summed E-state index contributed by atoms with van der Waals surface area (Å²) >= 11 is 0. The molecule has 118 valence electrons. The molecular formula is C22H20N2. The molecule has 0 amide bonds. The third kappa shape index (κ3) is 2.76. The molecular weight excluding hydrogens is 292 g/mol. The first kappa shape index (κ1) is 14.8. The monoisotopic (exact) mass is 312 g/mol. The van der Waals surface area contributed by atoms with Gasteiger partial charge in [-0.1, -0.05) is 67.6 Å². The zero-order chi connectivity index (χ0) is 16.4. The fraction of sp³-hybridized carbons (Fsp3) is 0.182. The smallest absolute Gasteiger partial charge is 0.0931 e. The normalized spacial score (nSPS) is 16.6. The Morgan fingerprint density at radius 1 is 0.917 bits per heavy atom. The van der Waals surface area contributed by atoms with Gasteiger partial charge in [0.05, 0.1) is 22.4 Å². The van der Waals surface area contributed by atoms with E-state index in [0.717, 1.165) is 40.8 Å². The summed E-state index contributed by atoms with van der Waals surface area (Å²) in [7, 11) is 0. The van der Waals surface area contributed by atoms with Crippen LogP contribution in [0.3, 0.4) is 0 Å². The molecule has 0 fully saturated rings. The second kappa shape index (κ2) is 6.40. The number of benzene rings is 2. The van der Waals surface area contributed by atoms with Crippen LogP contribution < -0.4 is 0 Å². The number of fused-ring (bicyclic) bond motifs is 1. The SMILES string of the molecule is CCc1ccc(-c2nc3ccccc3nc2C2C=CC=CC2)cc1. The molecule has 0 spiro atoms. The molecule has 1 aromatic heterocycles. The average Bonchev–Trinajstić information content (AvgIpc) is 2.68. The summed E-state index contributed by atoms with van der Waals surface area (Å²) < 4.78 is 0. The van der Waals surface area contributed by atoms with E-state index >= 15 is 0 Å². The van der Waals surface area contributed by atoms with Gasteiger partial charge >= 0.3 is 0 Å². The molecule has 24 heavy (non-hydrogen) atoms. The lowest BCUT2D eigenvalue weighted by molar-refractivity contribution is 0.818. The van der Waals surface area contributed by atoms with Crippen LogP contribution in [0.1, 0.15) is 30.5 Å². The van der Waals surface area contributed by atoms with Crippen molar-refractivity contribution < 1.29 is 0 Å². The van der Waals surface area contributed by atoms with Gasteiger partial charge < -0.3 is 0 Å². The molecule has 0 saturated carbocycles. The maximum absolute atomic E-state index is 4.97. The molecule has 1 unspecified atom stereocenters. The van der Waals surface area contributed by atoms with Gasteiger partial charge in [0, 0.05) is 11.5 Å². The van der Waals surface area contributed by atoms with Crippen molar-refractivity contribution in [3.63, 3.8) is 0 Å². The van der Waals surface area contributed by atoms with Crippen LogP contribution in [-0.2, 0) is 6.42 Å². The molecule has 0 saturated heterocycles. The van der Waals surface area contributed by atoms with Gasteiger partial charge in [0.25, 0.3) is 0 Å². The number of rotatable bonds is 3. The van der Waals surface area contributed by atoms with Crippen LogP contribution in [0.2, 0.25) is 0 Å². The van der Waals surface area contributed by atoms with E-state index in [1.807, 2.05) is 24.3 Å². The van der Waals surface area contributed by atoms with Crippen LogP contribution in [0.5, 0.6) is 0 Å². The van der Waals surface area contributed by atoms with E-state index in [-0.39, 0.29) is 5.92 Å². The van der Waals surface area contributed by atoms with E-state index in [2.05, 4.69) is 55.5 Å². The summed E-state index contributed by atoms with van der Waals surface area (Å²) in [5.41, 5.74) is 6.47. The molecule has 1 atom stereocenters. The number of nitrogens with zero attached hydrogens (tertiary/aromatic N) is 2. The maximum Gasteiger partial charge on any atom is 0.0931 e. The van der Waals surface area contributed by atoms with E-state index in [9.17, 15) is 0 Å². The van der Waals surface area contributed by atoms with Crippen LogP contribution in [-0.4, -0.2) is 9.97 Å². The fourth-order valence-corrected chi connectivity index (χ4v) is 3.17. The van der Waals surface area contributed by atoms with Crippen LogP contribution in [0.15, 0.2) is 72.8 Å². The quantitative estimate of drug-likeness (QED) is 0.642. The van der Waals surface area contributed by atoms with Crippen molar-refractivity contribution in [2.45, 2.75) is 25.7 Å². The van der Waals surface area contributed by atoms with Crippen LogP contribution in [0.4, 0.5) is 0 Å². The lowest BCUT2D eigenvalue weighted by Gasteiger charge is -2.17. The van der Waals surface area contributed by atoms with Crippen molar-refractivity contribution in [1.29, 1.82) is 0 Å². The van der Waals surface area contributed by atoms with Crippen LogP contribution >= 0.6 is 0 Å². The summed E-state index contributed by atoms with van der Waals surface area (Å²) in [6.07, 6.45) is 10.7. The zero-order valence-electron chi connectivity index (χ0n) is 13.8. The van der Waals surface area contributed by atoms with Gasteiger partial charge in [-0.15, -0.1) is 0 Å². The number of hydrogen-bond donors (Lipinski definition) is 0. The minimum absolute atomic E-state index is 0.285. The summed E-state index contributed by atoms with van der Waals surface area (Å²) in [6, 6.07) is 16.8. The number of para-hydroxylation sites is 2. The first-order chi connectivity index (χ1) is 11.8. The van der Waals surface area contributed by atoms with Gasteiger partial charge in [0.15, 0.2) is 0 Å². The summed E-state index contributed by atoms with van der Waals surface area (Å²) in [6.45, 7) is 2.18. The standard InChI is InChI=1S/C22H20N2/c1-2-16-12-14-18(15-13-16)22-21(17-8-4-3-5-9-17)23-19-10-6-7-11-20(19)24-22/h3-8,10-15,17H,2,9H2,1H3. The van der Waals surface area contributed by atoms with Gasteiger partial charge in [0.1, 0.15) is 0 Å². The Morgan fingerprint density at radius 2 is 1.67 bits per heavy atom. The molecule has 1 heterocycles. The topological polar surface area (TPSA) is 25.8 Å². The van der Waals surface area contributed by atoms with E-state index < -0.39 is 0 Å². The number of aryl methyl sites for hydroxylation is 1. The Kier molecular flexibility index (Phi) is 3.96. The first-order valence-electron chi connectivity index (χ1n) is 8.54. The van der Waals surface area contributed by atoms with Gasteiger partial charge in [-0.05, 0) is 30.5 Å². The predicted octanol–water partition coefficient (Wildman–Crippen LogP) is 5.46. The van der Waals surface area contributed by atoms with Gasteiger partial charge in [0.2, 0.25) is 0 Å². The lowest BCUT2D eigenvalue weighted by atomic mass is 9.93. The van der Waals surface area contributed by atoms with E-state index in [4.69, 9.17) is 9.97 Å². The summed E-state index contributed by atoms with van der Waals surface area (Å²) in [5.74, 6) is 0.285. The molecule has 1 aliphatic rings. The third-order valence-electron chi connectivity index (χ3n) is 4.56. The molecule has 2 aromatic carbocycles. The van der Waals surface area contributed by atoms with E-state index in [1.165, 1.54) is 5.56 Å². The molecule has 3 aromatic rings. The number of allylic oxidation sites excluding steroid dienone is 4. The Morgan fingerprint density at radius 3 is 2.33 bits per heavy atom. The Hall–Kier alpha value is -2.74. The Balaban J connectivity index is 1.90. The highest BCUT2D eigenvalue weighted by atomic mass is 14.8. The van der Waals surface area contributed by atoms with Crippen LogP contribution in [0, 0.1) is 0 Å². The third-order valence-corrected chi connectivity index (χ3v) is 4.56. The highest BCUT2D eigenvalue weighted by molar-refractivity contribution is 5.78. The van der Waals surface area contributed by atoms with Crippen molar-refractivity contribution >= 4 is 11.0 Å². The minimum Gasteiger partial charge on any atom is -0.248 e. The van der Waals surface area contributed by atoms with Crippen molar-refractivity contribution in [1.82, 2.24) is 9.97 Å². The second-order valence-corrected chi connectivity index (χ2v) is 6.15. The maximum atomic E-state index is 4.97. The summed E-state index contributed by atoms with van der Waals surface area (Å²) in [4.78, 5) is 9.93. The highest BCUT2D eigenvalue weighted by Crippen LogP contribution is 2.32. The lowest BCUT2D eigenvalue weighted by Crippen LogP contribution is -2.05. The number of aromatic nitrogens is 2. The molecule has 0 aliphatic heterocycles. The average molecular weight is 312 g/mol. The molecule has 2 nitrogen and oxygen atoms in total. The predicted molar refractivity (Wildman–Crippen MR) is 100.0 cm³/mol. The summed E-state index contributed by atoms with van der Waals surface area (Å²) in [5, 5.41) is 0. The van der Waals surface area contributed by atoms with Crippen molar-refractivity contribution in [3.8, 4) is 11.3 Å². The van der Waals surface area contributed by atoms with E-state index in [0.29, 0.717) is 0 Å². The van der Waals surface area contributed by atoms with E-state index in [1.54, 1.807) is 0 Å². The Labute approximate surface area is 142 Å². The van der Waals surface area contributed by atoms with Crippen molar-refractivity contribution in [3.05, 3.63) is 84.1 Å².